The maximum absolute atomic E-state index is 12.0. The van der Waals surface area contributed by atoms with Gasteiger partial charge in [0.05, 0.1) is 30.5 Å². The van der Waals surface area contributed by atoms with Crippen LogP contribution in [0.4, 0.5) is 5.69 Å². The van der Waals surface area contributed by atoms with Crippen molar-refractivity contribution in [2.45, 2.75) is 45.3 Å². The van der Waals surface area contributed by atoms with Crippen LogP contribution in [0.5, 0.6) is 0 Å². The number of hydrogen-bond acceptors (Lipinski definition) is 4. The minimum atomic E-state index is -0.124. The summed E-state index contributed by atoms with van der Waals surface area (Å²) in [6.07, 6.45) is 7.72. The van der Waals surface area contributed by atoms with Crippen molar-refractivity contribution >= 4 is 11.6 Å². The SMILES string of the molecule is CCCC(CN)C(=O)Nc1cnn(CC2CCCO2)c1. The van der Waals surface area contributed by atoms with Gasteiger partial charge in [-0.3, -0.25) is 9.48 Å². The van der Waals surface area contributed by atoms with Crippen LogP contribution < -0.4 is 11.1 Å². The molecule has 6 heteroatoms. The van der Waals surface area contributed by atoms with E-state index in [4.69, 9.17) is 10.5 Å². The maximum Gasteiger partial charge on any atom is 0.228 e. The van der Waals surface area contributed by atoms with Crippen LogP contribution in [0.3, 0.4) is 0 Å². The predicted molar refractivity (Wildman–Crippen MR) is 77.3 cm³/mol. The molecule has 0 bridgehead atoms. The first-order valence-corrected chi connectivity index (χ1v) is 7.38. The molecule has 1 aliphatic heterocycles. The quantitative estimate of drug-likeness (QED) is 0.790. The molecule has 2 atom stereocenters. The van der Waals surface area contributed by atoms with E-state index in [9.17, 15) is 4.79 Å². The highest BCUT2D eigenvalue weighted by Crippen LogP contribution is 2.15. The summed E-state index contributed by atoms with van der Waals surface area (Å²) in [5, 5.41) is 7.13. The number of nitrogens with zero attached hydrogens (tertiary/aromatic N) is 2. The summed E-state index contributed by atoms with van der Waals surface area (Å²) in [5.41, 5.74) is 6.35. The van der Waals surface area contributed by atoms with E-state index in [2.05, 4.69) is 17.3 Å². The van der Waals surface area contributed by atoms with Gasteiger partial charge >= 0.3 is 0 Å². The molecule has 2 rings (SSSR count). The molecule has 1 amide bonds. The Morgan fingerprint density at radius 3 is 3.20 bits per heavy atom. The maximum atomic E-state index is 12.0. The molecule has 0 spiro atoms. The fourth-order valence-electron chi connectivity index (χ4n) is 2.47. The summed E-state index contributed by atoms with van der Waals surface area (Å²) >= 11 is 0. The summed E-state index contributed by atoms with van der Waals surface area (Å²) in [4.78, 5) is 12.0. The number of aromatic nitrogens is 2. The van der Waals surface area contributed by atoms with Crippen molar-refractivity contribution in [3.8, 4) is 0 Å². The zero-order chi connectivity index (χ0) is 14.4. The number of nitrogens with one attached hydrogen (secondary N) is 1. The first-order valence-electron chi connectivity index (χ1n) is 7.38. The van der Waals surface area contributed by atoms with Crippen LogP contribution in [0.15, 0.2) is 12.4 Å². The van der Waals surface area contributed by atoms with Crippen molar-refractivity contribution in [3.05, 3.63) is 12.4 Å². The Labute approximate surface area is 119 Å². The lowest BCUT2D eigenvalue weighted by Crippen LogP contribution is -2.29. The van der Waals surface area contributed by atoms with Crippen molar-refractivity contribution in [1.29, 1.82) is 0 Å². The van der Waals surface area contributed by atoms with Crippen LogP contribution in [0.2, 0.25) is 0 Å². The van der Waals surface area contributed by atoms with E-state index >= 15 is 0 Å². The first kappa shape index (κ1) is 15.0. The van der Waals surface area contributed by atoms with E-state index in [0.717, 1.165) is 44.5 Å². The molecule has 20 heavy (non-hydrogen) atoms. The average Bonchev–Trinajstić information content (AvgIpc) is 3.08. The van der Waals surface area contributed by atoms with Crippen LogP contribution in [-0.2, 0) is 16.1 Å². The third-order valence-corrected chi connectivity index (χ3v) is 3.61. The average molecular weight is 280 g/mol. The molecule has 0 aromatic carbocycles. The number of carbonyl (C=O) groups excluding carboxylic acids is 1. The fraction of sp³-hybridized carbons (Fsp3) is 0.714. The van der Waals surface area contributed by atoms with E-state index in [-0.39, 0.29) is 17.9 Å². The standard InChI is InChI=1S/C14H24N4O2/c1-2-4-11(7-15)14(19)17-12-8-16-18(9-12)10-13-5-3-6-20-13/h8-9,11,13H,2-7,10,15H2,1H3,(H,17,19). The normalized spacial score (nSPS) is 20.0. The molecule has 2 heterocycles. The highest BCUT2D eigenvalue weighted by Gasteiger charge is 2.18. The van der Waals surface area contributed by atoms with Crippen molar-refractivity contribution < 1.29 is 9.53 Å². The Bertz CT molecular complexity index is 427. The molecule has 1 saturated heterocycles. The molecule has 6 nitrogen and oxygen atoms in total. The zero-order valence-electron chi connectivity index (χ0n) is 12.0. The van der Waals surface area contributed by atoms with Gasteiger partial charge in [0.25, 0.3) is 0 Å². The lowest BCUT2D eigenvalue weighted by Gasteiger charge is -2.12. The Morgan fingerprint density at radius 1 is 1.70 bits per heavy atom. The van der Waals surface area contributed by atoms with Crippen molar-refractivity contribution in [1.82, 2.24) is 9.78 Å². The first-order chi connectivity index (χ1) is 9.72. The lowest BCUT2D eigenvalue weighted by atomic mass is 10.0. The second kappa shape index (κ2) is 7.40. The van der Waals surface area contributed by atoms with Crippen LogP contribution in [0.1, 0.15) is 32.6 Å². The summed E-state index contributed by atoms with van der Waals surface area (Å²) in [6.45, 7) is 4.01. The number of anilines is 1. The molecular weight excluding hydrogens is 256 g/mol. The van der Waals surface area contributed by atoms with Gasteiger partial charge in [-0.05, 0) is 19.3 Å². The zero-order valence-corrected chi connectivity index (χ0v) is 12.0. The summed E-state index contributed by atoms with van der Waals surface area (Å²) in [6, 6.07) is 0. The van der Waals surface area contributed by atoms with Crippen LogP contribution in [0.25, 0.3) is 0 Å². The third-order valence-electron chi connectivity index (χ3n) is 3.61. The largest absolute Gasteiger partial charge is 0.376 e. The monoisotopic (exact) mass is 280 g/mol. The minimum Gasteiger partial charge on any atom is -0.376 e. The van der Waals surface area contributed by atoms with Gasteiger partial charge in [-0.2, -0.15) is 5.10 Å². The van der Waals surface area contributed by atoms with Crippen LogP contribution in [-0.4, -0.2) is 34.9 Å². The Kier molecular flexibility index (Phi) is 5.55. The van der Waals surface area contributed by atoms with Gasteiger partial charge in [-0.1, -0.05) is 13.3 Å². The van der Waals surface area contributed by atoms with Crippen LogP contribution >= 0.6 is 0 Å². The Morgan fingerprint density at radius 2 is 2.55 bits per heavy atom. The second-order valence-electron chi connectivity index (χ2n) is 5.30. The smallest absolute Gasteiger partial charge is 0.228 e. The van der Waals surface area contributed by atoms with E-state index in [1.54, 1.807) is 6.20 Å². The van der Waals surface area contributed by atoms with Gasteiger partial charge in [0.1, 0.15) is 0 Å². The highest BCUT2D eigenvalue weighted by atomic mass is 16.5. The lowest BCUT2D eigenvalue weighted by molar-refractivity contribution is -0.119. The number of carbonyl (C=O) groups is 1. The fourth-order valence-corrected chi connectivity index (χ4v) is 2.47. The van der Waals surface area contributed by atoms with Gasteiger partial charge in [-0.25, -0.2) is 0 Å². The van der Waals surface area contributed by atoms with Gasteiger partial charge in [-0.15, -0.1) is 0 Å². The molecule has 112 valence electrons. The molecule has 0 saturated carbocycles. The van der Waals surface area contributed by atoms with Crippen molar-refractivity contribution in [3.63, 3.8) is 0 Å². The van der Waals surface area contributed by atoms with Crippen LogP contribution in [0, 0.1) is 5.92 Å². The molecule has 1 fully saturated rings. The van der Waals surface area contributed by atoms with E-state index < -0.39 is 0 Å². The summed E-state index contributed by atoms with van der Waals surface area (Å²) in [5.74, 6) is -0.146. The molecular formula is C14H24N4O2. The number of amides is 1. The molecule has 1 aliphatic rings. The summed E-state index contributed by atoms with van der Waals surface area (Å²) in [7, 11) is 0. The molecule has 1 aromatic heterocycles. The van der Waals surface area contributed by atoms with Gasteiger partial charge in [0.2, 0.25) is 5.91 Å². The molecule has 3 N–H and O–H groups in total. The van der Waals surface area contributed by atoms with E-state index in [1.165, 1.54) is 0 Å². The van der Waals surface area contributed by atoms with Gasteiger partial charge in [0.15, 0.2) is 0 Å². The minimum absolute atomic E-state index is 0.0222. The van der Waals surface area contributed by atoms with Gasteiger partial charge in [0, 0.05) is 19.3 Å². The second-order valence-corrected chi connectivity index (χ2v) is 5.30. The Hall–Kier alpha value is -1.40. The van der Waals surface area contributed by atoms with Crippen molar-refractivity contribution in [2.24, 2.45) is 11.7 Å². The summed E-state index contributed by atoms with van der Waals surface area (Å²) < 4.78 is 7.39. The third kappa shape index (κ3) is 4.05. The number of ether oxygens (including phenoxy) is 1. The molecule has 1 aromatic rings. The molecule has 0 radical (unpaired) electrons. The topological polar surface area (TPSA) is 82.2 Å². The molecule has 2 unspecified atom stereocenters. The molecule has 0 aliphatic carbocycles. The van der Waals surface area contributed by atoms with Gasteiger partial charge < -0.3 is 15.8 Å². The number of rotatable bonds is 7. The highest BCUT2D eigenvalue weighted by molar-refractivity contribution is 5.92. The van der Waals surface area contributed by atoms with E-state index in [0.29, 0.717) is 6.54 Å². The van der Waals surface area contributed by atoms with E-state index in [1.807, 2.05) is 10.9 Å². The Balaban J connectivity index is 1.86. The predicted octanol–water partition coefficient (Wildman–Crippen LogP) is 1.38. The number of nitrogens with two attached hydrogens (primary N) is 1. The number of hydrogen-bond donors (Lipinski definition) is 2. The van der Waals surface area contributed by atoms with Crippen molar-refractivity contribution in [2.75, 3.05) is 18.5 Å².